The van der Waals surface area contributed by atoms with Gasteiger partial charge in [0.25, 0.3) is 0 Å². The SMILES string of the molecule is COCCCn1c([C@@H]2CCCN(C(=O)C[C@H](N)CNS(=O)(=O)c3c(Cl)cccc3Cl)C2)nc2ccccc21. The third-order valence-electron chi connectivity index (χ3n) is 6.71. The van der Waals surface area contributed by atoms with Crippen LogP contribution in [0.1, 0.15) is 37.4 Å². The Bertz CT molecular complexity index is 1360. The van der Waals surface area contributed by atoms with Crippen LogP contribution in [0.15, 0.2) is 47.4 Å². The lowest BCUT2D eigenvalue weighted by atomic mass is 9.96. The summed E-state index contributed by atoms with van der Waals surface area (Å²) in [5.41, 5.74) is 8.18. The van der Waals surface area contributed by atoms with Crippen molar-refractivity contribution in [2.24, 2.45) is 5.73 Å². The van der Waals surface area contributed by atoms with Crippen LogP contribution in [0.25, 0.3) is 11.0 Å². The van der Waals surface area contributed by atoms with Crippen molar-refractivity contribution in [3.05, 3.63) is 58.3 Å². The molecule has 9 nitrogen and oxygen atoms in total. The molecule has 2 aromatic carbocycles. The first-order valence-corrected chi connectivity index (χ1v) is 14.9. The number of piperidine rings is 1. The Kier molecular flexibility index (Phi) is 9.67. The average molecular weight is 583 g/mol. The van der Waals surface area contributed by atoms with E-state index in [2.05, 4.69) is 15.4 Å². The fraction of sp³-hybridized carbons (Fsp3) is 0.462. The molecule has 0 saturated carbocycles. The normalized spacial score (nSPS) is 17.2. The number of para-hydroxylation sites is 2. The van der Waals surface area contributed by atoms with Crippen molar-refractivity contribution < 1.29 is 17.9 Å². The van der Waals surface area contributed by atoms with Gasteiger partial charge in [0.2, 0.25) is 15.9 Å². The highest BCUT2D eigenvalue weighted by Gasteiger charge is 2.30. The molecule has 3 N–H and O–H groups in total. The van der Waals surface area contributed by atoms with Gasteiger partial charge in [0.15, 0.2) is 0 Å². The monoisotopic (exact) mass is 581 g/mol. The first-order valence-electron chi connectivity index (χ1n) is 12.6. The number of aryl methyl sites for hydroxylation is 1. The molecular weight excluding hydrogens is 549 g/mol. The van der Waals surface area contributed by atoms with Gasteiger partial charge in [0.1, 0.15) is 10.7 Å². The number of amides is 1. The lowest BCUT2D eigenvalue weighted by Crippen LogP contribution is -2.45. The maximum atomic E-state index is 13.1. The molecule has 1 aromatic heterocycles. The van der Waals surface area contributed by atoms with Gasteiger partial charge >= 0.3 is 0 Å². The third-order valence-corrected chi connectivity index (χ3v) is 9.09. The molecule has 0 spiro atoms. The molecule has 3 aromatic rings. The molecular formula is C26H33Cl2N5O4S. The molecule has 4 rings (SSSR count). The molecule has 2 heterocycles. The van der Waals surface area contributed by atoms with E-state index >= 15 is 0 Å². The summed E-state index contributed by atoms with van der Waals surface area (Å²) < 4.78 is 35.4. The van der Waals surface area contributed by atoms with Crippen LogP contribution in [-0.2, 0) is 26.1 Å². The summed E-state index contributed by atoms with van der Waals surface area (Å²) in [7, 11) is -2.29. The van der Waals surface area contributed by atoms with Gasteiger partial charge in [0.05, 0.1) is 21.1 Å². The van der Waals surface area contributed by atoms with Crippen molar-refractivity contribution >= 4 is 50.2 Å². The van der Waals surface area contributed by atoms with Crippen molar-refractivity contribution in [2.45, 2.75) is 49.1 Å². The molecule has 0 bridgehead atoms. The van der Waals surface area contributed by atoms with Gasteiger partial charge in [-0.15, -0.1) is 0 Å². The van der Waals surface area contributed by atoms with E-state index in [-0.39, 0.29) is 39.7 Å². The summed E-state index contributed by atoms with van der Waals surface area (Å²) >= 11 is 12.1. The number of nitrogens with two attached hydrogens (primary N) is 1. The van der Waals surface area contributed by atoms with E-state index in [1.165, 1.54) is 12.1 Å². The number of rotatable bonds is 11. The van der Waals surface area contributed by atoms with Crippen molar-refractivity contribution in [3.63, 3.8) is 0 Å². The smallest absolute Gasteiger partial charge is 0.243 e. The van der Waals surface area contributed by atoms with Gasteiger partial charge < -0.3 is 19.9 Å². The summed E-state index contributed by atoms with van der Waals surface area (Å²) in [6.07, 6.45) is 2.66. The summed E-state index contributed by atoms with van der Waals surface area (Å²) in [4.78, 5) is 19.7. The predicted molar refractivity (Wildman–Crippen MR) is 149 cm³/mol. The topological polar surface area (TPSA) is 120 Å². The molecule has 0 radical (unpaired) electrons. The quantitative estimate of drug-likeness (QED) is 0.332. The Balaban J connectivity index is 1.40. The summed E-state index contributed by atoms with van der Waals surface area (Å²) in [6.45, 7) is 2.50. The maximum absolute atomic E-state index is 13.1. The van der Waals surface area contributed by atoms with Gasteiger partial charge in [-0.25, -0.2) is 18.1 Å². The molecule has 38 heavy (non-hydrogen) atoms. The molecule has 1 aliphatic rings. The second kappa shape index (κ2) is 12.8. The molecule has 1 aliphatic heterocycles. The lowest BCUT2D eigenvalue weighted by Gasteiger charge is -2.33. The van der Waals surface area contributed by atoms with E-state index in [1.54, 1.807) is 13.2 Å². The van der Waals surface area contributed by atoms with Gasteiger partial charge in [-0.2, -0.15) is 0 Å². The summed E-state index contributed by atoms with van der Waals surface area (Å²) in [6, 6.07) is 11.8. The maximum Gasteiger partial charge on any atom is 0.243 e. The van der Waals surface area contributed by atoms with E-state index in [4.69, 9.17) is 38.7 Å². The van der Waals surface area contributed by atoms with Crippen LogP contribution in [0.4, 0.5) is 0 Å². The minimum atomic E-state index is -3.99. The zero-order valence-electron chi connectivity index (χ0n) is 21.3. The lowest BCUT2D eigenvalue weighted by molar-refractivity contribution is -0.132. The molecule has 1 amide bonds. The van der Waals surface area contributed by atoms with Crippen LogP contribution in [0, 0.1) is 0 Å². The number of carbonyl (C=O) groups excluding carboxylic acids is 1. The molecule has 206 valence electrons. The van der Waals surface area contributed by atoms with Crippen molar-refractivity contribution in [1.82, 2.24) is 19.2 Å². The van der Waals surface area contributed by atoms with Crippen LogP contribution in [-0.4, -0.2) is 68.2 Å². The zero-order chi connectivity index (χ0) is 27.3. The number of sulfonamides is 1. The highest BCUT2D eigenvalue weighted by Crippen LogP contribution is 2.31. The van der Waals surface area contributed by atoms with Crippen LogP contribution < -0.4 is 10.5 Å². The van der Waals surface area contributed by atoms with Gasteiger partial charge in [0, 0.05) is 58.3 Å². The highest BCUT2D eigenvalue weighted by molar-refractivity contribution is 7.89. The number of hydrogen-bond acceptors (Lipinski definition) is 6. The number of carbonyl (C=O) groups is 1. The molecule has 1 saturated heterocycles. The van der Waals surface area contributed by atoms with E-state index in [1.807, 2.05) is 23.1 Å². The predicted octanol–water partition coefficient (Wildman–Crippen LogP) is 3.78. The minimum Gasteiger partial charge on any atom is -0.385 e. The number of methoxy groups -OCH3 is 1. The number of fused-ring (bicyclic) bond motifs is 1. The van der Waals surface area contributed by atoms with E-state index in [9.17, 15) is 13.2 Å². The first kappa shape index (κ1) is 28.8. The second-order valence-electron chi connectivity index (χ2n) is 9.50. The standard InChI is InChI=1S/C26H33Cl2N5O4S/c1-37-14-6-13-33-23-11-3-2-10-22(23)31-26(33)18-7-5-12-32(17-18)24(34)15-19(29)16-30-38(35,36)25-20(27)8-4-9-21(25)28/h2-4,8-11,18-19,30H,5-7,12-17,29H2,1H3/t18-,19+/m1/s1. The van der Waals surface area contributed by atoms with Crippen LogP contribution >= 0.6 is 23.2 Å². The average Bonchev–Trinajstić information content (AvgIpc) is 3.26. The third kappa shape index (κ3) is 6.67. The number of likely N-dealkylation sites (tertiary alicyclic amines) is 1. The number of ether oxygens (including phenoxy) is 1. The van der Waals surface area contributed by atoms with Crippen molar-refractivity contribution in [3.8, 4) is 0 Å². The number of nitrogens with one attached hydrogen (secondary N) is 1. The molecule has 1 fully saturated rings. The number of halogens is 2. The van der Waals surface area contributed by atoms with E-state index in [0.29, 0.717) is 19.7 Å². The molecule has 2 atom stereocenters. The molecule has 0 aliphatic carbocycles. The second-order valence-corrected chi connectivity index (χ2v) is 12.0. The number of benzene rings is 2. The van der Waals surface area contributed by atoms with E-state index in [0.717, 1.165) is 42.7 Å². The van der Waals surface area contributed by atoms with E-state index < -0.39 is 16.1 Å². The fourth-order valence-electron chi connectivity index (χ4n) is 4.88. The Morgan fingerprint density at radius 3 is 2.68 bits per heavy atom. The number of imidazole rings is 1. The van der Waals surface area contributed by atoms with Crippen LogP contribution in [0.3, 0.4) is 0 Å². The zero-order valence-corrected chi connectivity index (χ0v) is 23.6. The van der Waals surface area contributed by atoms with Gasteiger partial charge in [-0.05, 0) is 43.5 Å². The minimum absolute atomic E-state index is 0.00967. The Hall–Kier alpha value is -2.21. The van der Waals surface area contributed by atoms with Crippen molar-refractivity contribution in [1.29, 1.82) is 0 Å². The highest BCUT2D eigenvalue weighted by atomic mass is 35.5. The van der Waals surface area contributed by atoms with Gasteiger partial charge in [-0.1, -0.05) is 41.4 Å². The molecule has 0 unspecified atom stereocenters. The largest absolute Gasteiger partial charge is 0.385 e. The Morgan fingerprint density at radius 1 is 1.21 bits per heavy atom. The first-order chi connectivity index (χ1) is 18.2. The van der Waals surface area contributed by atoms with Gasteiger partial charge in [-0.3, -0.25) is 4.79 Å². The summed E-state index contributed by atoms with van der Waals surface area (Å²) in [5.74, 6) is 0.965. The Labute approximate surface area is 233 Å². The molecule has 12 heteroatoms. The number of hydrogen-bond donors (Lipinski definition) is 2. The number of aromatic nitrogens is 2. The van der Waals surface area contributed by atoms with Crippen LogP contribution in [0.2, 0.25) is 10.0 Å². The van der Waals surface area contributed by atoms with Crippen molar-refractivity contribution in [2.75, 3.05) is 33.4 Å². The fourth-order valence-corrected chi connectivity index (χ4v) is 7.11. The van der Waals surface area contributed by atoms with Crippen LogP contribution in [0.5, 0.6) is 0 Å². The Morgan fingerprint density at radius 2 is 1.95 bits per heavy atom. The summed E-state index contributed by atoms with van der Waals surface area (Å²) in [5, 5.41) is 0.0319. The number of nitrogens with zero attached hydrogens (tertiary/aromatic N) is 3.